The standard InChI is InChI=1S/C13H20O3/c1-16-13(15)10-5-3-2-4-7-11-8-6-9-12(11)14/h7H,2-6,8-10H2,1H3/b11-7+. The lowest BCUT2D eigenvalue weighted by Gasteiger charge is -1.99. The van der Waals surface area contributed by atoms with E-state index >= 15 is 0 Å². The summed E-state index contributed by atoms with van der Waals surface area (Å²) in [4.78, 5) is 22.1. The van der Waals surface area contributed by atoms with E-state index in [4.69, 9.17) is 0 Å². The number of methoxy groups -OCH3 is 1. The Kier molecular flexibility index (Phi) is 5.83. The highest BCUT2D eigenvalue weighted by Gasteiger charge is 2.15. The van der Waals surface area contributed by atoms with E-state index in [-0.39, 0.29) is 5.97 Å². The normalized spacial score (nSPS) is 18.1. The predicted octanol–water partition coefficient (Wildman–Crippen LogP) is 2.79. The van der Waals surface area contributed by atoms with Gasteiger partial charge in [-0.25, -0.2) is 0 Å². The minimum absolute atomic E-state index is 0.135. The van der Waals surface area contributed by atoms with Crippen LogP contribution in [-0.2, 0) is 14.3 Å². The zero-order valence-electron chi connectivity index (χ0n) is 9.96. The maximum absolute atomic E-state index is 11.3. The number of allylic oxidation sites excluding steroid dienone is 2. The molecule has 0 radical (unpaired) electrons. The van der Waals surface area contributed by atoms with Crippen molar-refractivity contribution in [3.63, 3.8) is 0 Å². The molecular weight excluding hydrogens is 204 g/mol. The fourth-order valence-electron chi connectivity index (χ4n) is 1.92. The van der Waals surface area contributed by atoms with E-state index in [0.717, 1.165) is 50.5 Å². The van der Waals surface area contributed by atoms with Crippen molar-refractivity contribution in [1.82, 2.24) is 0 Å². The minimum atomic E-state index is -0.135. The van der Waals surface area contributed by atoms with Crippen molar-refractivity contribution < 1.29 is 14.3 Å². The summed E-state index contributed by atoms with van der Waals surface area (Å²) in [5.74, 6) is 0.193. The van der Waals surface area contributed by atoms with E-state index in [9.17, 15) is 9.59 Å². The van der Waals surface area contributed by atoms with Crippen LogP contribution in [0.25, 0.3) is 0 Å². The van der Waals surface area contributed by atoms with Crippen molar-refractivity contribution >= 4 is 11.8 Å². The Morgan fingerprint density at radius 1 is 1.31 bits per heavy atom. The van der Waals surface area contributed by atoms with Crippen molar-refractivity contribution in [3.05, 3.63) is 11.6 Å². The van der Waals surface area contributed by atoms with Crippen molar-refractivity contribution in [2.45, 2.75) is 51.4 Å². The molecule has 90 valence electrons. The number of hydrogen-bond acceptors (Lipinski definition) is 3. The lowest BCUT2D eigenvalue weighted by molar-refractivity contribution is -0.140. The second kappa shape index (κ2) is 7.20. The molecule has 3 nitrogen and oxygen atoms in total. The summed E-state index contributed by atoms with van der Waals surface area (Å²) in [6, 6.07) is 0. The van der Waals surface area contributed by atoms with Crippen LogP contribution in [0, 0.1) is 0 Å². The van der Waals surface area contributed by atoms with Gasteiger partial charge in [-0.3, -0.25) is 9.59 Å². The van der Waals surface area contributed by atoms with Gasteiger partial charge in [0, 0.05) is 12.8 Å². The van der Waals surface area contributed by atoms with Crippen LogP contribution in [0.4, 0.5) is 0 Å². The summed E-state index contributed by atoms with van der Waals surface area (Å²) >= 11 is 0. The minimum Gasteiger partial charge on any atom is -0.469 e. The Bertz CT molecular complexity index is 279. The molecule has 0 spiro atoms. The summed E-state index contributed by atoms with van der Waals surface area (Å²) < 4.78 is 4.56. The van der Waals surface area contributed by atoms with Crippen LogP contribution >= 0.6 is 0 Å². The molecule has 0 saturated heterocycles. The van der Waals surface area contributed by atoms with E-state index < -0.39 is 0 Å². The number of ether oxygens (including phenoxy) is 1. The largest absolute Gasteiger partial charge is 0.469 e. The monoisotopic (exact) mass is 224 g/mol. The molecule has 0 atom stereocenters. The molecule has 0 unspecified atom stereocenters. The quantitative estimate of drug-likeness (QED) is 0.396. The number of carbonyl (C=O) groups excluding carboxylic acids is 2. The number of hydrogen-bond donors (Lipinski definition) is 0. The van der Waals surface area contributed by atoms with Crippen molar-refractivity contribution in [2.24, 2.45) is 0 Å². The molecule has 16 heavy (non-hydrogen) atoms. The molecule has 1 aliphatic carbocycles. The molecule has 0 N–H and O–H groups in total. The molecule has 1 rings (SSSR count). The first-order chi connectivity index (χ1) is 7.74. The first-order valence-corrected chi connectivity index (χ1v) is 6.03. The summed E-state index contributed by atoms with van der Waals surface area (Å²) in [6.07, 6.45) is 9.20. The van der Waals surface area contributed by atoms with Crippen molar-refractivity contribution in [1.29, 1.82) is 0 Å². The smallest absolute Gasteiger partial charge is 0.305 e. The van der Waals surface area contributed by atoms with Crippen LogP contribution in [0.3, 0.4) is 0 Å². The molecule has 0 aliphatic heterocycles. The summed E-state index contributed by atoms with van der Waals surface area (Å²) in [6.45, 7) is 0. The SMILES string of the molecule is COC(=O)CCCCC/C=C1\CCCC1=O. The fourth-order valence-corrected chi connectivity index (χ4v) is 1.92. The number of carbonyl (C=O) groups is 2. The molecule has 0 aromatic rings. The summed E-state index contributed by atoms with van der Waals surface area (Å²) in [7, 11) is 1.42. The van der Waals surface area contributed by atoms with Crippen molar-refractivity contribution in [2.75, 3.05) is 7.11 Å². The summed E-state index contributed by atoms with van der Waals surface area (Å²) in [5, 5.41) is 0. The van der Waals surface area contributed by atoms with Gasteiger partial charge < -0.3 is 4.74 Å². The molecule has 0 heterocycles. The molecule has 0 aromatic carbocycles. The number of unbranched alkanes of at least 4 members (excludes halogenated alkanes) is 3. The van der Waals surface area contributed by atoms with Crippen molar-refractivity contribution in [3.8, 4) is 0 Å². The Labute approximate surface area is 96.9 Å². The van der Waals surface area contributed by atoms with E-state index in [0.29, 0.717) is 12.2 Å². The molecule has 1 saturated carbocycles. The second-order valence-corrected chi connectivity index (χ2v) is 4.18. The van der Waals surface area contributed by atoms with Crippen LogP contribution < -0.4 is 0 Å². The third-order valence-corrected chi connectivity index (χ3v) is 2.91. The van der Waals surface area contributed by atoms with Gasteiger partial charge in [-0.15, -0.1) is 0 Å². The Morgan fingerprint density at radius 2 is 2.12 bits per heavy atom. The van der Waals surface area contributed by atoms with E-state index in [1.54, 1.807) is 0 Å². The molecule has 1 aliphatic rings. The fraction of sp³-hybridized carbons (Fsp3) is 0.692. The average Bonchev–Trinajstić information content (AvgIpc) is 2.69. The Morgan fingerprint density at radius 3 is 2.75 bits per heavy atom. The maximum Gasteiger partial charge on any atom is 0.305 e. The van der Waals surface area contributed by atoms with E-state index in [1.807, 2.05) is 0 Å². The zero-order valence-corrected chi connectivity index (χ0v) is 9.96. The van der Waals surface area contributed by atoms with E-state index in [1.165, 1.54) is 7.11 Å². The first kappa shape index (κ1) is 12.9. The second-order valence-electron chi connectivity index (χ2n) is 4.18. The molecular formula is C13H20O3. The topological polar surface area (TPSA) is 43.4 Å². The number of Topliss-reactive ketones (excluding diaryl/α,β-unsaturated/α-hetero) is 1. The zero-order chi connectivity index (χ0) is 11.8. The number of esters is 1. The molecule has 0 bridgehead atoms. The number of ketones is 1. The maximum atomic E-state index is 11.3. The van der Waals surface area contributed by atoms with Gasteiger partial charge in [0.1, 0.15) is 0 Å². The van der Waals surface area contributed by atoms with Gasteiger partial charge in [-0.1, -0.05) is 12.5 Å². The lowest BCUT2D eigenvalue weighted by Crippen LogP contribution is -1.99. The highest BCUT2D eigenvalue weighted by atomic mass is 16.5. The Balaban J connectivity index is 2.03. The highest BCUT2D eigenvalue weighted by Crippen LogP contribution is 2.21. The number of rotatable bonds is 6. The molecule has 1 fully saturated rings. The van der Waals surface area contributed by atoms with Crippen LogP contribution in [0.15, 0.2) is 11.6 Å². The Hall–Kier alpha value is -1.12. The highest BCUT2D eigenvalue weighted by molar-refractivity contribution is 5.97. The van der Waals surface area contributed by atoms with Gasteiger partial charge in [0.15, 0.2) is 5.78 Å². The van der Waals surface area contributed by atoms with Crippen LogP contribution in [0.1, 0.15) is 51.4 Å². The molecule has 0 amide bonds. The molecule has 0 aromatic heterocycles. The van der Waals surface area contributed by atoms with Crippen LogP contribution in [-0.4, -0.2) is 18.9 Å². The first-order valence-electron chi connectivity index (χ1n) is 6.03. The third kappa shape index (κ3) is 4.60. The van der Waals surface area contributed by atoms with Gasteiger partial charge in [0.25, 0.3) is 0 Å². The van der Waals surface area contributed by atoms with Gasteiger partial charge in [0.05, 0.1) is 7.11 Å². The lowest BCUT2D eigenvalue weighted by atomic mass is 10.1. The van der Waals surface area contributed by atoms with Gasteiger partial charge in [-0.05, 0) is 37.7 Å². The van der Waals surface area contributed by atoms with Gasteiger partial charge in [0.2, 0.25) is 0 Å². The third-order valence-electron chi connectivity index (χ3n) is 2.91. The molecule has 3 heteroatoms. The van der Waals surface area contributed by atoms with Crippen LogP contribution in [0.2, 0.25) is 0 Å². The van der Waals surface area contributed by atoms with E-state index in [2.05, 4.69) is 10.8 Å². The summed E-state index contributed by atoms with van der Waals surface area (Å²) in [5.41, 5.74) is 1.02. The van der Waals surface area contributed by atoms with Gasteiger partial charge >= 0.3 is 5.97 Å². The van der Waals surface area contributed by atoms with Gasteiger partial charge in [-0.2, -0.15) is 0 Å². The average molecular weight is 224 g/mol. The van der Waals surface area contributed by atoms with Crippen LogP contribution in [0.5, 0.6) is 0 Å². The predicted molar refractivity (Wildman–Crippen MR) is 62.0 cm³/mol.